The Kier molecular flexibility index (Phi) is 7.89. The van der Waals surface area contributed by atoms with Gasteiger partial charge in [0.1, 0.15) is 18.8 Å². The van der Waals surface area contributed by atoms with E-state index in [1.165, 1.54) is 6.08 Å². The average Bonchev–Trinajstić information content (AvgIpc) is 3.02. The third-order valence-electron chi connectivity index (χ3n) is 4.68. The molecular weight excluding hydrogens is 492 g/mol. The summed E-state index contributed by atoms with van der Waals surface area (Å²) in [6.07, 6.45) is 3.69. The topological polar surface area (TPSA) is 105 Å². The number of imide groups is 1. The number of ether oxygens (including phenoxy) is 2. The van der Waals surface area contributed by atoms with Gasteiger partial charge in [0.15, 0.2) is 11.5 Å². The largest absolute Gasteiger partial charge is 0.490 e. The normalized spacial score (nSPS) is 14.4. The molecule has 1 aliphatic heterocycles. The van der Waals surface area contributed by atoms with Crippen molar-refractivity contribution in [1.82, 2.24) is 10.2 Å². The van der Waals surface area contributed by atoms with Crippen LogP contribution >= 0.6 is 15.9 Å². The Bertz CT molecular complexity index is 1110. The van der Waals surface area contributed by atoms with Crippen molar-refractivity contribution >= 4 is 39.9 Å². The van der Waals surface area contributed by atoms with Crippen LogP contribution in [-0.2, 0) is 22.6 Å². The van der Waals surface area contributed by atoms with Gasteiger partial charge in [0, 0.05) is 10.0 Å². The lowest BCUT2D eigenvalue weighted by Gasteiger charge is -2.17. The van der Waals surface area contributed by atoms with Crippen molar-refractivity contribution in [2.75, 3.05) is 13.2 Å². The molecule has 1 fully saturated rings. The summed E-state index contributed by atoms with van der Waals surface area (Å²) in [4.78, 5) is 36.0. The number of carboxylic acid groups (broad SMARTS) is 1. The van der Waals surface area contributed by atoms with E-state index in [-0.39, 0.29) is 5.70 Å². The molecule has 0 saturated carbocycles. The summed E-state index contributed by atoms with van der Waals surface area (Å²) in [6.45, 7) is 5.66. The molecule has 9 heteroatoms. The molecule has 0 bridgehead atoms. The molecule has 1 saturated heterocycles. The number of nitrogens with zero attached hydrogens (tertiary/aromatic N) is 1. The smallest absolute Gasteiger partial charge is 0.329 e. The minimum Gasteiger partial charge on any atom is -0.490 e. The second-order valence-electron chi connectivity index (χ2n) is 7.12. The molecule has 0 radical (unpaired) electrons. The maximum absolute atomic E-state index is 12.5. The van der Waals surface area contributed by atoms with Crippen LogP contribution in [0.15, 0.2) is 59.2 Å². The Morgan fingerprint density at radius 1 is 1.21 bits per heavy atom. The van der Waals surface area contributed by atoms with E-state index < -0.39 is 24.5 Å². The van der Waals surface area contributed by atoms with Crippen LogP contribution in [0.5, 0.6) is 11.5 Å². The zero-order valence-electron chi connectivity index (χ0n) is 18.0. The lowest BCUT2D eigenvalue weighted by Crippen LogP contribution is -2.35. The summed E-state index contributed by atoms with van der Waals surface area (Å²) in [5.74, 6) is -0.934. The lowest BCUT2D eigenvalue weighted by atomic mass is 10.0. The molecule has 0 atom stereocenters. The second kappa shape index (κ2) is 10.8. The highest BCUT2D eigenvalue weighted by molar-refractivity contribution is 9.10. The second-order valence-corrected chi connectivity index (χ2v) is 8.04. The van der Waals surface area contributed by atoms with E-state index >= 15 is 0 Å². The molecule has 1 heterocycles. The van der Waals surface area contributed by atoms with Gasteiger partial charge >= 0.3 is 12.0 Å². The van der Waals surface area contributed by atoms with Gasteiger partial charge in [-0.1, -0.05) is 34.1 Å². The maximum Gasteiger partial charge on any atom is 0.329 e. The van der Waals surface area contributed by atoms with Crippen molar-refractivity contribution in [3.63, 3.8) is 0 Å². The first-order chi connectivity index (χ1) is 15.8. The lowest BCUT2D eigenvalue weighted by molar-refractivity contribution is -0.140. The zero-order chi connectivity index (χ0) is 24.0. The number of amides is 3. The molecule has 0 aromatic heterocycles. The van der Waals surface area contributed by atoms with Gasteiger partial charge in [-0.2, -0.15) is 0 Å². The van der Waals surface area contributed by atoms with Crippen molar-refractivity contribution < 1.29 is 29.0 Å². The minimum absolute atomic E-state index is 0.0169. The van der Waals surface area contributed by atoms with Crippen LogP contribution < -0.4 is 14.8 Å². The molecular formula is C24H23BrN2O6. The fraction of sp³-hybridized carbons (Fsp3) is 0.208. The minimum atomic E-state index is -1.28. The number of halogens is 1. The van der Waals surface area contributed by atoms with Gasteiger partial charge in [0.05, 0.1) is 6.61 Å². The fourth-order valence-electron chi connectivity index (χ4n) is 3.25. The number of urea groups is 1. The first-order valence-electron chi connectivity index (χ1n) is 10.2. The van der Waals surface area contributed by atoms with E-state index in [1.54, 1.807) is 12.1 Å². The summed E-state index contributed by atoms with van der Waals surface area (Å²) < 4.78 is 12.9. The van der Waals surface area contributed by atoms with Gasteiger partial charge in [-0.3, -0.25) is 9.59 Å². The van der Waals surface area contributed by atoms with Crippen molar-refractivity contribution in [3.05, 3.63) is 75.9 Å². The standard InChI is InChI=1S/C24H23BrN2O6/c1-3-5-17-10-16(11-19-23(30)27(13-21(28)29)24(31)26-19)12-20(32-4-2)22(17)33-14-15-6-8-18(25)9-7-15/h3,6-12H,1,4-5,13-14H2,2H3,(H,26,31)(H,28,29)/b19-11+. The van der Waals surface area contributed by atoms with Gasteiger partial charge < -0.3 is 19.9 Å². The van der Waals surface area contributed by atoms with Crippen LogP contribution in [0.3, 0.4) is 0 Å². The van der Waals surface area contributed by atoms with Gasteiger partial charge in [-0.25, -0.2) is 9.69 Å². The molecule has 2 aromatic rings. The fourth-order valence-corrected chi connectivity index (χ4v) is 3.52. The Morgan fingerprint density at radius 3 is 2.58 bits per heavy atom. The number of hydrogen-bond acceptors (Lipinski definition) is 5. The number of benzene rings is 2. The average molecular weight is 515 g/mol. The first kappa shape index (κ1) is 24.1. The van der Waals surface area contributed by atoms with Gasteiger partial charge in [0.2, 0.25) is 0 Å². The molecule has 3 amide bonds. The number of allylic oxidation sites excluding steroid dienone is 1. The monoisotopic (exact) mass is 514 g/mol. The predicted molar refractivity (Wildman–Crippen MR) is 126 cm³/mol. The number of carbonyl (C=O) groups excluding carboxylic acids is 2. The molecule has 0 spiro atoms. The molecule has 2 aromatic carbocycles. The number of rotatable bonds is 10. The number of hydrogen-bond donors (Lipinski definition) is 2. The first-order valence-corrected chi connectivity index (χ1v) is 11.0. The van der Waals surface area contributed by atoms with Crippen molar-refractivity contribution in [2.24, 2.45) is 0 Å². The van der Waals surface area contributed by atoms with Crippen LogP contribution in [-0.4, -0.2) is 41.1 Å². The summed E-state index contributed by atoms with van der Waals surface area (Å²) in [5.41, 5.74) is 2.34. The molecule has 172 valence electrons. The van der Waals surface area contributed by atoms with E-state index in [0.717, 1.165) is 15.6 Å². The summed E-state index contributed by atoms with van der Waals surface area (Å²) >= 11 is 3.41. The van der Waals surface area contributed by atoms with Crippen molar-refractivity contribution in [2.45, 2.75) is 20.0 Å². The molecule has 8 nitrogen and oxygen atoms in total. The number of carboxylic acids is 1. The van der Waals surface area contributed by atoms with Crippen molar-refractivity contribution in [3.8, 4) is 11.5 Å². The maximum atomic E-state index is 12.5. The van der Waals surface area contributed by atoms with E-state index in [4.69, 9.17) is 14.6 Å². The highest BCUT2D eigenvalue weighted by Gasteiger charge is 2.35. The summed E-state index contributed by atoms with van der Waals surface area (Å²) in [7, 11) is 0. The Hall–Kier alpha value is -3.59. The van der Waals surface area contributed by atoms with Gasteiger partial charge in [0.25, 0.3) is 5.91 Å². The Labute approximate surface area is 199 Å². The summed E-state index contributed by atoms with van der Waals surface area (Å²) in [6, 6.07) is 10.5. The molecule has 1 aliphatic rings. The number of aliphatic carboxylic acids is 1. The predicted octanol–water partition coefficient (Wildman–Crippen LogP) is 4.13. The molecule has 33 heavy (non-hydrogen) atoms. The highest BCUT2D eigenvalue weighted by atomic mass is 79.9. The van der Waals surface area contributed by atoms with E-state index in [1.807, 2.05) is 37.3 Å². The summed E-state index contributed by atoms with van der Waals surface area (Å²) in [5, 5.41) is 11.3. The van der Waals surface area contributed by atoms with E-state index in [2.05, 4.69) is 27.8 Å². The van der Waals surface area contributed by atoms with E-state index in [0.29, 0.717) is 41.6 Å². The van der Waals surface area contributed by atoms with Crippen LogP contribution in [0, 0.1) is 0 Å². The SMILES string of the molecule is C=CCc1cc(/C=C2/NC(=O)N(CC(=O)O)C2=O)cc(OCC)c1OCc1ccc(Br)cc1. The number of carbonyl (C=O) groups is 3. The highest BCUT2D eigenvalue weighted by Crippen LogP contribution is 2.35. The molecule has 2 N–H and O–H groups in total. The third-order valence-corrected chi connectivity index (χ3v) is 5.21. The Morgan fingerprint density at radius 2 is 1.94 bits per heavy atom. The van der Waals surface area contributed by atoms with Crippen LogP contribution in [0.25, 0.3) is 6.08 Å². The Balaban J connectivity index is 1.93. The zero-order valence-corrected chi connectivity index (χ0v) is 19.6. The number of nitrogens with one attached hydrogen (secondary N) is 1. The van der Waals surface area contributed by atoms with E-state index in [9.17, 15) is 14.4 Å². The van der Waals surface area contributed by atoms with Crippen molar-refractivity contribution in [1.29, 1.82) is 0 Å². The molecule has 0 unspecified atom stereocenters. The quantitative estimate of drug-likeness (QED) is 0.280. The molecule has 3 rings (SSSR count). The molecule has 0 aliphatic carbocycles. The van der Waals surface area contributed by atoms with Crippen LogP contribution in [0.1, 0.15) is 23.6 Å². The van der Waals surface area contributed by atoms with Crippen LogP contribution in [0.4, 0.5) is 4.79 Å². The van der Waals surface area contributed by atoms with Gasteiger partial charge in [-0.15, -0.1) is 6.58 Å². The third kappa shape index (κ3) is 6.01. The van der Waals surface area contributed by atoms with Gasteiger partial charge in [-0.05, 0) is 54.8 Å². The van der Waals surface area contributed by atoms with Crippen LogP contribution in [0.2, 0.25) is 0 Å².